The summed E-state index contributed by atoms with van der Waals surface area (Å²) in [4.78, 5) is 19.9. The molecule has 2 aromatic heterocycles. The van der Waals surface area contributed by atoms with Crippen molar-refractivity contribution in [3.63, 3.8) is 0 Å². The van der Waals surface area contributed by atoms with Crippen molar-refractivity contribution >= 4 is 16.9 Å². The summed E-state index contributed by atoms with van der Waals surface area (Å²) in [5, 5.41) is 4.10. The van der Waals surface area contributed by atoms with Gasteiger partial charge in [0.05, 0.1) is 11.7 Å². The summed E-state index contributed by atoms with van der Waals surface area (Å²) in [6.07, 6.45) is 8.30. The highest BCUT2D eigenvalue weighted by Crippen LogP contribution is 2.57. The maximum absolute atomic E-state index is 12.6. The van der Waals surface area contributed by atoms with Gasteiger partial charge in [0.2, 0.25) is 0 Å². The van der Waals surface area contributed by atoms with Gasteiger partial charge in [-0.1, -0.05) is 6.42 Å². The van der Waals surface area contributed by atoms with Crippen LogP contribution in [0.5, 0.6) is 0 Å². The van der Waals surface area contributed by atoms with Crippen molar-refractivity contribution in [3.8, 4) is 0 Å². The highest BCUT2D eigenvalue weighted by molar-refractivity contribution is 6.06. The molecule has 0 saturated heterocycles. The lowest BCUT2D eigenvalue weighted by molar-refractivity contribution is -0.169. The third kappa shape index (κ3) is 1.88. The summed E-state index contributed by atoms with van der Waals surface area (Å²) in [6.45, 7) is 2.79. The first-order valence-corrected chi connectivity index (χ1v) is 8.09. The van der Waals surface area contributed by atoms with E-state index in [-0.39, 0.29) is 17.4 Å². The van der Waals surface area contributed by atoms with E-state index in [2.05, 4.69) is 15.3 Å². The van der Waals surface area contributed by atoms with Crippen molar-refractivity contribution < 1.29 is 9.53 Å². The second kappa shape index (κ2) is 5.09. The molecule has 0 bridgehead atoms. The third-order valence-corrected chi connectivity index (χ3v) is 5.44. The smallest absolute Gasteiger partial charge is 0.253 e. The molecule has 2 aliphatic carbocycles. The molecule has 116 valence electrons. The van der Waals surface area contributed by atoms with E-state index in [1.807, 2.05) is 19.1 Å². The van der Waals surface area contributed by atoms with E-state index in [0.717, 1.165) is 36.9 Å². The summed E-state index contributed by atoms with van der Waals surface area (Å²) >= 11 is 0. The fourth-order valence-electron chi connectivity index (χ4n) is 4.02. The van der Waals surface area contributed by atoms with Crippen LogP contribution in [-0.4, -0.2) is 34.6 Å². The number of rotatable bonds is 4. The van der Waals surface area contributed by atoms with Crippen molar-refractivity contribution in [2.24, 2.45) is 5.41 Å². The zero-order chi connectivity index (χ0) is 15.2. The number of ether oxygens (including phenoxy) is 1. The molecule has 2 fully saturated rings. The van der Waals surface area contributed by atoms with E-state index in [4.69, 9.17) is 4.74 Å². The number of hydrogen-bond donors (Lipinski definition) is 2. The van der Waals surface area contributed by atoms with Crippen LogP contribution in [0.3, 0.4) is 0 Å². The summed E-state index contributed by atoms with van der Waals surface area (Å²) in [5.74, 6) is -0.00882. The minimum atomic E-state index is -0.00882. The molecule has 1 amide bonds. The normalized spacial score (nSPS) is 25.7. The van der Waals surface area contributed by atoms with Gasteiger partial charge >= 0.3 is 0 Å². The Balaban J connectivity index is 1.51. The summed E-state index contributed by atoms with van der Waals surface area (Å²) in [5.41, 5.74) is 1.62. The average Bonchev–Trinajstić information content (AvgIpc) is 2.88. The Morgan fingerprint density at radius 1 is 1.55 bits per heavy atom. The van der Waals surface area contributed by atoms with Crippen molar-refractivity contribution in [3.05, 3.63) is 30.1 Å². The van der Waals surface area contributed by atoms with E-state index in [1.54, 1.807) is 12.4 Å². The van der Waals surface area contributed by atoms with Gasteiger partial charge in [0.15, 0.2) is 0 Å². The van der Waals surface area contributed by atoms with E-state index in [9.17, 15) is 4.79 Å². The number of nitrogens with one attached hydrogen (secondary N) is 2. The molecule has 2 aromatic rings. The van der Waals surface area contributed by atoms with Crippen LogP contribution in [0.15, 0.2) is 24.5 Å². The summed E-state index contributed by atoms with van der Waals surface area (Å²) in [6, 6.07) is 4.03. The summed E-state index contributed by atoms with van der Waals surface area (Å²) in [7, 11) is 0. The Hall–Kier alpha value is -1.88. The number of amides is 1. The topological polar surface area (TPSA) is 67.0 Å². The number of nitrogens with zero attached hydrogens (tertiary/aromatic N) is 1. The molecule has 2 atom stereocenters. The molecule has 2 aliphatic rings. The Morgan fingerprint density at radius 3 is 3.14 bits per heavy atom. The van der Waals surface area contributed by atoms with Crippen LogP contribution in [0.1, 0.15) is 43.0 Å². The second-order valence-electron chi connectivity index (χ2n) is 6.39. The number of H-pyrrole nitrogens is 1. The Kier molecular flexibility index (Phi) is 3.18. The fourth-order valence-corrected chi connectivity index (χ4v) is 4.02. The number of carbonyl (C=O) groups is 1. The number of fused-ring (bicyclic) bond motifs is 1. The van der Waals surface area contributed by atoms with Gasteiger partial charge < -0.3 is 15.0 Å². The molecule has 2 heterocycles. The van der Waals surface area contributed by atoms with Crippen molar-refractivity contribution in [1.82, 2.24) is 15.3 Å². The standard InChI is InChI=1S/C17H21N3O2/c1-2-22-14-9-13(17(14)6-4-7-17)20-16(21)12-10-19-15-11(12)5-3-8-18-15/h3,5,8,10,13-14H,2,4,6-7,9H2,1H3,(H,18,19)(H,20,21)/t13-,14+/m0/s1. The Bertz CT molecular complexity index is 705. The van der Waals surface area contributed by atoms with Gasteiger partial charge in [0.1, 0.15) is 5.65 Å². The average molecular weight is 299 g/mol. The largest absolute Gasteiger partial charge is 0.378 e. The monoisotopic (exact) mass is 299 g/mol. The zero-order valence-electron chi connectivity index (χ0n) is 12.8. The van der Waals surface area contributed by atoms with Gasteiger partial charge in [-0.05, 0) is 38.3 Å². The number of aromatic nitrogens is 2. The quantitative estimate of drug-likeness (QED) is 0.912. The minimum absolute atomic E-state index is 0.00882. The van der Waals surface area contributed by atoms with Crippen LogP contribution >= 0.6 is 0 Å². The minimum Gasteiger partial charge on any atom is -0.378 e. The molecule has 0 radical (unpaired) electrons. The van der Waals surface area contributed by atoms with E-state index < -0.39 is 0 Å². The Labute approximate surface area is 129 Å². The van der Waals surface area contributed by atoms with Gasteiger partial charge in [0, 0.05) is 35.8 Å². The van der Waals surface area contributed by atoms with Gasteiger partial charge in [-0.2, -0.15) is 0 Å². The lowest BCUT2D eigenvalue weighted by Crippen LogP contribution is -2.67. The SMILES string of the molecule is CCO[C@@H]1C[C@H](NC(=O)c2c[nH]c3ncccc23)C12CCC2. The van der Waals surface area contributed by atoms with Crippen LogP contribution in [0.2, 0.25) is 0 Å². The lowest BCUT2D eigenvalue weighted by atomic mass is 9.51. The van der Waals surface area contributed by atoms with Crippen LogP contribution in [0, 0.1) is 5.41 Å². The Morgan fingerprint density at radius 2 is 2.41 bits per heavy atom. The first kappa shape index (κ1) is 13.8. The molecule has 5 heteroatoms. The number of hydrogen-bond acceptors (Lipinski definition) is 3. The highest BCUT2D eigenvalue weighted by Gasteiger charge is 2.59. The van der Waals surface area contributed by atoms with Crippen LogP contribution in [0.4, 0.5) is 0 Å². The number of carbonyl (C=O) groups excluding carboxylic acids is 1. The maximum atomic E-state index is 12.6. The van der Waals surface area contributed by atoms with E-state index in [0.29, 0.717) is 11.7 Å². The van der Waals surface area contributed by atoms with Gasteiger partial charge in [-0.15, -0.1) is 0 Å². The maximum Gasteiger partial charge on any atom is 0.253 e. The predicted octanol–water partition coefficient (Wildman–Crippen LogP) is 2.64. The van der Waals surface area contributed by atoms with Gasteiger partial charge in [-0.3, -0.25) is 4.79 Å². The lowest BCUT2D eigenvalue weighted by Gasteiger charge is -2.61. The van der Waals surface area contributed by atoms with Crippen molar-refractivity contribution in [2.45, 2.75) is 44.8 Å². The molecule has 4 rings (SSSR count). The first-order chi connectivity index (χ1) is 10.7. The molecule has 2 saturated carbocycles. The molecule has 0 aliphatic heterocycles. The number of aromatic amines is 1. The van der Waals surface area contributed by atoms with E-state index >= 15 is 0 Å². The van der Waals surface area contributed by atoms with Crippen LogP contribution in [0.25, 0.3) is 11.0 Å². The molecule has 0 unspecified atom stereocenters. The van der Waals surface area contributed by atoms with Crippen molar-refractivity contribution in [2.75, 3.05) is 6.61 Å². The second-order valence-corrected chi connectivity index (χ2v) is 6.39. The molecule has 2 N–H and O–H groups in total. The van der Waals surface area contributed by atoms with Gasteiger partial charge in [0.25, 0.3) is 5.91 Å². The fraction of sp³-hybridized carbons (Fsp3) is 0.529. The highest BCUT2D eigenvalue weighted by atomic mass is 16.5. The number of pyridine rings is 1. The first-order valence-electron chi connectivity index (χ1n) is 8.09. The zero-order valence-corrected chi connectivity index (χ0v) is 12.8. The molecule has 0 aromatic carbocycles. The molecule has 1 spiro atoms. The van der Waals surface area contributed by atoms with E-state index in [1.165, 1.54) is 6.42 Å². The summed E-state index contributed by atoms with van der Waals surface area (Å²) < 4.78 is 5.84. The van der Waals surface area contributed by atoms with Crippen LogP contribution < -0.4 is 5.32 Å². The van der Waals surface area contributed by atoms with Crippen molar-refractivity contribution in [1.29, 1.82) is 0 Å². The molecular formula is C17H21N3O2. The van der Waals surface area contributed by atoms with Gasteiger partial charge in [-0.25, -0.2) is 4.98 Å². The molecular weight excluding hydrogens is 278 g/mol. The van der Waals surface area contributed by atoms with Crippen LogP contribution in [-0.2, 0) is 4.74 Å². The molecule has 5 nitrogen and oxygen atoms in total. The third-order valence-electron chi connectivity index (χ3n) is 5.44. The molecule has 22 heavy (non-hydrogen) atoms. The predicted molar refractivity (Wildman–Crippen MR) is 83.7 cm³/mol.